The van der Waals surface area contributed by atoms with Gasteiger partial charge in [0.2, 0.25) is 0 Å². The second kappa shape index (κ2) is 5.02. The third kappa shape index (κ3) is 2.85. The first-order valence-electron chi connectivity index (χ1n) is 5.88. The van der Waals surface area contributed by atoms with Crippen LogP contribution in [0.15, 0.2) is 36.4 Å². The van der Waals surface area contributed by atoms with Crippen molar-refractivity contribution in [2.45, 2.75) is 13.8 Å². The van der Waals surface area contributed by atoms with E-state index in [-0.39, 0.29) is 17.4 Å². The lowest BCUT2D eigenvalue weighted by Crippen LogP contribution is -2.13. The van der Waals surface area contributed by atoms with E-state index in [2.05, 4.69) is 5.32 Å². The molecule has 2 rings (SSSR count). The highest BCUT2D eigenvalue weighted by atomic mass is 16.3. The number of carbonyl (C=O) groups excluding carboxylic acids is 1. The molecule has 0 heterocycles. The molecule has 98 valence electrons. The van der Waals surface area contributed by atoms with E-state index in [0.29, 0.717) is 22.4 Å². The number of aromatic hydroxyl groups is 2. The van der Waals surface area contributed by atoms with Crippen LogP contribution < -0.4 is 5.32 Å². The maximum absolute atomic E-state index is 12.1. The van der Waals surface area contributed by atoms with Gasteiger partial charge in [0, 0.05) is 11.3 Å². The number of phenolic OH excluding ortho intramolecular Hbond substituents is 2. The van der Waals surface area contributed by atoms with E-state index in [0.717, 1.165) is 0 Å². The Hall–Kier alpha value is -2.49. The van der Waals surface area contributed by atoms with E-state index in [1.807, 2.05) is 0 Å². The number of nitrogens with one attached hydrogen (secondary N) is 1. The highest BCUT2D eigenvalue weighted by Gasteiger charge is 2.10. The van der Waals surface area contributed by atoms with Gasteiger partial charge in [0.25, 0.3) is 5.91 Å². The molecule has 0 saturated heterocycles. The molecule has 4 nitrogen and oxygen atoms in total. The quantitative estimate of drug-likeness (QED) is 0.724. The molecular weight excluding hydrogens is 242 g/mol. The van der Waals surface area contributed by atoms with E-state index in [9.17, 15) is 15.0 Å². The van der Waals surface area contributed by atoms with Gasteiger partial charge in [0.15, 0.2) is 0 Å². The maximum atomic E-state index is 12.1. The second-order valence-electron chi connectivity index (χ2n) is 4.45. The molecule has 0 aliphatic heterocycles. The van der Waals surface area contributed by atoms with E-state index in [1.54, 1.807) is 32.0 Å². The SMILES string of the molecule is Cc1cc(NC(=O)c2ccc(O)cc2C)ccc1O. The Morgan fingerprint density at radius 3 is 2.37 bits per heavy atom. The minimum atomic E-state index is -0.248. The van der Waals surface area contributed by atoms with Gasteiger partial charge in [-0.05, 0) is 61.4 Å². The number of hydrogen-bond donors (Lipinski definition) is 3. The van der Waals surface area contributed by atoms with Crippen LogP contribution in [0.25, 0.3) is 0 Å². The van der Waals surface area contributed by atoms with Gasteiger partial charge in [-0.2, -0.15) is 0 Å². The number of rotatable bonds is 2. The van der Waals surface area contributed by atoms with Gasteiger partial charge in [-0.3, -0.25) is 4.79 Å². The lowest BCUT2D eigenvalue weighted by atomic mass is 10.1. The lowest BCUT2D eigenvalue weighted by molar-refractivity contribution is 0.102. The van der Waals surface area contributed by atoms with Gasteiger partial charge < -0.3 is 15.5 Å². The van der Waals surface area contributed by atoms with E-state index in [4.69, 9.17) is 0 Å². The Labute approximate surface area is 111 Å². The summed E-state index contributed by atoms with van der Waals surface area (Å²) in [5.41, 5.74) is 2.52. The highest BCUT2D eigenvalue weighted by molar-refractivity contribution is 6.05. The number of carbonyl (C=O) groups is 1. The minimum absolute atomic E-state index is 0.134. The number of amides is 1. The summed E-state index contributed by atoms with van der Waals surface area (Å²) >= 11 is 0. The van der Waals surface area contributed by atoms with Crippen LogP contribution in [0.4, 0.5) is 5.69 Å². The molecule has 2 aromatic rings. The Kier molecular flexibility index (Phi) is 3.42. The molecule has 19 heavy (non-hydrogen) atoms. The molecule has 0 aromatic heterocycles. The van der Waals surface area contributed by atoms with Crippen LogP contribution in [0.3, 0.4) is 0 Å². The lowest BCUT2D eigenvalue weighted by Gasteiger charge is -2.09. The van der Waals surface area contributed by atoms with Crippen LogP contribution in [-0.2, 0) is 0 Å². The fraction of sp³-hybridized carbons (Fsp3) is 0.133. The monoisotopic (exact) mass is 257 g/mol. The van der Waals surface area contributed by atoms with Gasteiger partial charge in [-0.25, -0.2) is 0 Å². The highest BCUT2D eigenvalue weighted by Crippen LogP contribution is 2.22. The zero-order valence-electron chi connectivity index (χ0n) is 10.8. The molecule has 0 spiro atoms. The summed E-state index contributed by atoms with van der Waals surface area (Å²) < 4.78 is 0. The van der Waals surface area contributed by atoms with Crippen molar-refractivity contribution in [3.8, 4) is 11.5 Å². The summed E-state index contributed by atoms with van der Waals surface area (Å²) in [6.07, 6.45) is 0. The Morgan fingerprint density at radius 2 is 1.74 bits per heavy atom. The fourth-order valence-corrected chi connectivity index (χ4v) is 1.83. The van der Waals surface area contributed by atoms with Crippen molar-refractivity contribution in [3.05, 3.63) is 53.1 Å². The van der Waals surface area contributed by atoms with Crippen LogP contribution in [0.1, 0.15) is 21.5 Å². The minimum Gasteiger partial charge on any atom is -0.508 e. The molecule has 0 unspecified atom stereocenters. The molecule has 0 aliphatic rings. The summed E-state index contributed by atoms with van der Waals surface area (Å²) in [7, 11) is 0. The number of hydrogen-bond acceptors (Lipinski definition) is 3. The topological polar surface area (TPSA) is 69.6 Å². The maximum Gasteiger partial charge on any atom is 0.255 e. The third-order valence-electron chi connectivity index (χ3n) is 2.91. The van der Waals surface area contributed by atoms with Gasteiger partial charge in [-0.15, -0.1) is 0 Å². The molecule has 3 N–H and O–H groups in total. The van der Waals surface area contributed by atoms with Crippen LogP contribution in [0, 0.1) is 13.8 Å². The molecule has 0 saturated carbocycles. The number of phenols is 2. The Morgan fingerprint density at radius 1 is 1.00 bits per heavy atom. The van der Waals surface area contributed by atoms with Crippen molar-refractivity contribution in [2.24, 2.45) is 0 Å². The van der Waals surface area contributed by atoms with Gasteiger partial charge >= 0.3 is 0 Å². The standard InChI is InChI=1S/C15H15NO3/c1-9-8-12(17)4-5-13(9)15(19)16-11-3-6-14(18)10(2)7-11/h3-8,17-18H,1-2H3,(H,16,19). The molecule has 0 atom stereocenters. The molecule has 4 heteroatoms. The Balaban J connectivity index is 2.23. The van der Waals surface area contributed by atoms with Crippen molar-refractivity contribution in [1.29, 1.82) is 0 Å². The summed E-state index contributed by atoms with van der Waals surface area (Å²) in [4.78, 5) is 12.1. The molecule has 0 fully saturated rings. The third-order valence-corrected chi connectivity index (χ3v) is 2.91. The van der Waals surface area contributed by atoms with Crippen molar-refractivity contribution in [1.82, 2.24) is 0 Å². The zero-order chi connectivity index (χ0) is 14.0. The average molecular weight is 257 g/mol. The second-order valence-corrected chi connectivity index (χ2v) is 4.45. The normalized spacial score (nSPS) is 10.2. The molecule has 0 aliphatic carbocycles. The zero-order valence-corrected chi connectivity index (χ0v) is 10.8. The van der Waals surface area contributed by atoms with Crippen LogP contribution >= 0.6 is 0 Å². The van der Waals surface area contributed by atoms with Crippen molar-refractivity contribution in [3.63, 3.8) is 0 Å². The van der Waals surface area contributed by atoms with Crippen LogP contribution in [0.5, 0.6) is 11.5 Å². The molecule has 0 bridgehead atoms. The Bertz CT molecular complexity index is 635. The van der Waals surface area contributed by atoms with E-state index in [1.165, 1.54) is 18.2 Å². The van der Waals surface area contributed by atoms with Gasteiger partial charge in [-0.1, -0.05) is 0 Å². The van der Waals surface area contributed by atoms with Gasteiger partial charge in [0.05, 0.1) is 0 Å². The van der Waals surface area contributed by atoms with Gasteiger partial charge in [0.1, 0.15) is 11.5 Å². The smallest absolute Gasteiger partial charge is 0.255 e. The number of benzene rings is 2. The van der Waals surface area contributed by atoms with E-state index < -0.39 is 0 Å². The average Bonchev–Trinajstić information content (AvgIpc) is 2.33. The fourth-order valence-electron chi connectivity index (χ4n) is 1.83. The first-order valence-corrected chi connectivity index (χ1v) is 5.88. The predicted molar refractivity (Wildman–Crippen MR) is 73.6 cm³/mol. The number of aryl methyl sites for hydroxylation is 2. The first kappa shape index (κ1) is 13.0. The van der Waals surface area contributed by atoms with Crippen LogP contribution in [-0.4, -0.2) is 16.1 Å². The largest absolute Gasteiger partial charge is 0.508 e. The number of anilines is 1. The van der Waals surface area contributed by atoms with Crippen molar-refractivity contribution >= 4 is 11.6 Å². The first-order chi connectivity index (χ1) is 8.97. The summed E-state index contributed by atoms with van der Waals surface area (Å²) in [5.74, 6) is 0.0796. The van der Waals surface area contributed by atoms with E-state index >= 15 is 0 Å². The molecule has 1 amide bonds. The van der Waals surface area contributed by atoms with Crippen molar-refractivity contribution < 1.29 is 15.0 Å². The predicted octanol–water partition coefficient (Wildman–Crippen LogP) is 2.97. The molecule has 2 aromatic carbocycles. The molecular formula is C15H15NO3. The van der Waals surface area contributed by atoms with Crippen LogP contribution in [0.2, 0.25) is 0 Å². The summed E-state index contributed by atoms with van der Waals surface area (Å²) in [6.45, 7) is 3.52. The molecule has 0 radical (unpaired) electrons. The van der Waals surface area contributed by atoms with Crippen molar-refractivity contribution in [2.75, 3.05) is 5.32 Å². The summed E-state index contributed by atoms with van der Waals surface area (Å²) in [6, 6.07) is 9.46. The summed E-state index contributed by atoms with van der Waals surface area (Å²) in [5, 5.41) is 21.5.